The van der Waals surface area contributed by atoms with E-state index in [1.807, 2.05) is 20.8 Å². The molecule has 0 heterocycles. The molecular weight excluding hydrogens is 304 g/mol. The van der Waals surface area contributed by atoms with Gasteiger partial charge in [-0.1, -0.05) is 41.5 Å². The van der Waals surface area contributed by atoms with Gasteiger partial charge in [0.05, 0.1) is 11.3 Å². The minimum absolute atomic E-state index is 0.00806. The fourth-order valence-electron chi connectivity index (χ4n) is 2.34. The first kappa shape index (κ1) is 21.3. The van der Waals surface area contributed by atoms with Crippen LogP contribution in [-0.4, -0.2) is 25.6 Å². The van der Waals surface area contributed by atoms with Gasteiger partial charge in [0.1, 0.15) is 0 Å². The van der Waals surface area contributed by atoms with Crippen molar-refractivity contribution in [1.29, 1.82) is 0 Å². The summed E-state index contributed by atoms with van der Waals surface area (Å²) in [6.07, 6.45) is 0.707. The van der Waals surface area contributed by atoms with Crippen LogP contribution in [0.2, 0.25) is 0 Å². The number of carbonyl (C=O) groups is 1. The molecule has 6 nitrogen and oxygen atoms in total. The number of nitrogens with one attached hydrogen (secondary N) is 1. The van der Waals surface area contributed by atoms with E-state index in [-0.39, 0.29) is 28.4 Å². The van der Waals surface area contributed by atoms with Gasteiger partial charge in [0.25, 0.3) is 10.1 Å². The second-order valence-electron chi connectivity index (χ2n) is 8.85. The highest BCUT2D eigenvalue weighted by atomic mass is 32.2. The first-order valence-electron chi connectivity index (χ1n) is 7.42. The van der Waals surface area contributed by atoms with Crippen molar-refractivity contribution >= 4 is 16.0 Å². The maximum atomic E-state index is 12.7. The average Bonchev–Trinajstić information content (AvgIpc) is 2.20. The van der Waals surface area contributed by atoms with Crippen molar-refractivity contribution in [2.45, 2.75) is 67.3 Å². The van der Waals surface area contributed by atoms with Gasteiger partial charge in [0.15, 0.2) is 0 Å². The van der Waals surface area contributed by atoms with Gasteiger partial charge in [-0.15, -0.1) is 0 Å². The summed E-state index contributed by atoms with van der Waals surface area (Å²) < 4.78 is 27.0. The Kier molecular flexibility index (Phi) is 6.64. The summed E-state index contributed by atoms with van der Waals surface area (Å²) in [5.41, 5.74) is -1.20. The molecule has 22 heavy (non-hydrogen) atoms. The molecule has 0 fully saturated rings. The molecule has 0 saturated heterocycles. The number of rotatable bonds is 6. The maximum absolute atomic E-state index is 12.7. The summed E-state index contributed by atoms with van der Waals surface area (Å²) in [4.78, 5) is 12.7. The molecule has 0 bridgehead atoms. The quantitative estimate of drug-likeness (QED) is 0.725. The van der Waals surface area contributed by atoms with E-state index in [0.29, 0.717) is 6.42 Å². The van der Waals surface area contributed by atoms with Gasteiger partial charge in [-0.2, -0.15) is 18.6 Å². The van der Waals surface area contributed by atoms with Crippen LogP contribution in [0.15, 0.2) is 0 Å². The van der Waals surface area contributed by atoms with E-state index in [4.69, 9.17) is 5.90 Å². The Bertz CT molecular complexity index is 485. The first-order chi connectivity index (χ1) is 9.49. The van der Waals surface area contributed by atoms with Crippen molar-refractivity contribution in [3.05, 3.63) is 0 Å². The molecule has 3 N–H and O–H groups in total. The lowest BCUT2D eigenvalue weighted by atomic mass is 9.71. The smallest absolute Gasteiger partial charge is 0.285 e. The highest BCUT2D eigenvalue weighted by Crippen LogP contribution is 2.36. The van der Waals surface area contributed by atoms with Crippen molar-refractivity contribution in [1.82, 2.24) is 5.32 Å². The Labute approximate surface area is 135 Å². The van der Waals surface area contributed by atoms with Gasteiger partial charge >= 0.3 is 0 Å². The van der Waals surface area contributed by atoms with E-state index < -0.39 is 15.7 Å². The van der Waals surface area contributed by atoms with Crippen molar-refractivity contribution in [3.63, 3.8) is 0 Å². The monoisotopic (exact) mass is 336 g/mol. The van der Waals surface area contributed by atoms with Crippen molar-refractivity contribution in [3.8, 4) is 0 Å². The normalized spacial score (nSPS) is 15.5. The van der Waals surface area contributed by atoms with Gasteiger partial charge in [-0.3, -0.25) is 4.79 Å². The van der Waals surface area contributed by atoms with E-state index in [0.717, 1.165) is 0 Å². The van der Waals surface area contributed by atoms with E-state index in [1.54, 1.807) is 13.8 Å². The molecule has 1 unspecified atom stereocenters. The Morgan fingerprint density at radius 1 is 1.09 bits per heavy atom. The molecule has 1 amide bonds. The molecule has 0 aromatic carbocycles. The molecule has 0 aliphatic rings. The molecule has 0 spiro atoms. The number of carbonyl (C=O) groups excluding carboxylic acids is 1. The van der Waals surface area contributed by atoms with Crippen LogP contribution in [0, 0.1) is 16.7 Å². The van der Waals surface area contributed by atoms with E-state index in [9.17, 15) is 13.2 Å². The number of nitrogens with two attached hydrogens (primary N) is 1. The van der Waals surface area contributed by atoms with Gasteiger partial charge in [0, 0.05) is 5.92 Å². The third-order valence-corrected chi connectivity index (χ3v) is 4.69. The Morgan fingerprint density at radius 3 is 1.86 bits per heavy atom. The third kappa shape index (κ3) is 8.10. The molecule has 0 aliphatic carbocycles. The second kappa shape index (κ2) is 6.84. The topological polar surface area (TPSA) is 98.5 Å². The van der Waals surface area contributed by atoms with Crippen LogP contribution in [0.1, 0.15) is 61.8 Å². The summed E-state index contributed by atoms with van der Waals surface area (Å²) in [5.74, 6) is 3.99. The van der Waals surface area contributed by atoms with Gasteiger partial charge in [0.2, 0.25) is 5.91 Å². The van der Waals surface area contributed by atoms with Crippen molar-refractivity contribution in [2.24, 2.45) is 22.6 Å². The molecule has 0 radical (unpaired) electrons. The number of hydrogen-bond donors (Lipinski definition) is 2. The molecule has 7 heteroatoms. The van der Waals surface area contributed by atoms with Crippen LogP contribution >= 0.6 is 0 Å². The summed E-state index contributed by atoms with van der Waals surface area (Å²) >= 11 is 0. The van der Waals surface area contributed by atoms with Crippen LogP contribution in [-0.2, 0) is 19.2 Å². The zero-order chi connectivity index (χ0) is 18.0. The third-order valence-electron chi connectivity index (χ3n) is 3.32. The molecule has 1 atom stereocenters. The van der Waals surface area contributed by atoms with Crippen LogP contribution in [0.3, 0.4) is 0 Å². The van der Waals surface area contributed by atoms with Crippen LogP contribution in [0.5, 0.6) is 0 Å². The second-order valence-corrected chi connectivity index (χ2v) is 10.5. The molecule has 0 aromatic heterocycles. The highest BCUT2D eigenvalue weighted by Gasteiger charge is 2.37. The Morgan fingerprint density at radius 2 is 1.55 bits per heavy atom. The SMILES string of the molecule is CC(C)(C)CC(C(=O)NC(C)(C)CS(=O)(=O)ON)C(C)(C)C. The predicted molar refractivity (Wildman–Crippen MR) is 88.3 cm³/mol. The van der Waals surface area contributed by atoms with Crippen LogP contribution < -0.4 is 11.2 Å². The molecule has 132 valence electrons. The standard InChI is InChI=1S/C15H32N2O4S/c1-13(2,3)9-11(14(4,5)6)12(18)17-15(7,8)10-22(19,20)21-16/h11H,9-10,16H2,1-8H3,(H,17,18). The minimum atomic E-state index is -3.86. The first-order valence-corrected chi connectivity index (χ1v) is 9.00. The van der Waals surface area contributed by atoms with Gasteiger partial charge in [-0.25, -0.2) is 0 Å². The van der Waals surface area contributed by atoms with Crippen molar-refractivity contribution in [2.75, 3.05) is 5.75 Å². The lowest BCUT2D eigenvalue weighted by Gasteiger charge is -2.37. The number of amides is 1. The summed E-state index contributed by atoms with van der Waals surface area (Å²) in [6.45, 7) is 15.5. The number of hydrogen-bond acceptors (Lipinski definition) is 5. The van der Waals surface area contributed by atoms with Crippen molar-refractivity contribution < 1.29 is 17.5 Å². The van der Waals surface area contributed by atoms with Gasteiger partial charge in [-0.05, 0) is 31.1 Å². The van der Waals surface area contributed by atoms with Crippen LogP contribution in [0.25, 0.3) is 0 Å². The zero-order valence-electron chi connectivity index (χ0n) is 15.1. The molecule has 0 saturated carbocycles. The van der Waals surface area contributed by atoms with E-state index in [1.165, 1.54) is 0 Å². The lowest BCUT2D eigenvalue weighted by Crippen LogP contribution is -2.53. The minimum Gasteiger partial charge on any atom is -0.350 e. The van der Waals surface area contributed by atoms with Gasteiger partial charge < -0.3 is 5.32 Å². The van der Waals surface area contributed by atoms with E-state index in [2.05, 4.69) is 30.4 Å². The maximum Gasteiger partial charge on any atom is 0.285 e. The van der Waals surface area contributed by atoms with E-state index >= 15 is 0 Å². The molecule has 0 aromatic rings. The molecule has 0 aliphatic heterocycles. The molecule has 0 rings (SSSR count). The largest absolute Gasteiger partial charge is 0.350 e. The summed E-state index contributed by atoms with van der Waals surface area (Å²) in [5, 5.41) is 2.82. The van der Waals surface area contributed by atoms with Crippen LogP contribution in [0.4, 0.5) is 0 Å². The average molecular weight is 336 g/mol. The summed E-state index contributed by atoms with van der Waals surface area (Å²) in [6, 6.07) is 0. The molecular formula is C15H32N2O4S. The predicted octanol–water partition coefficient (Wildman–Crippen LogP) is 2.20. The zero-order valence-corrected chi connectivity index (χ0v) is 15.9. The highest BCUT2D eigenvalue weighted by molar-refractivity contribution is 7.86. The Hall–Kier alpha value is -0.660. The summed E-state index contributed by atoms with van der Waals surface area (Å²) in [7, 11) is -3.86. The Balaban J connectivity index is 5.19. The fourth-order valence-corrected chi connectivity index (χ4v) is 3.36. The lowest BCUT2D eigenvalue weighted by molar-refractivity contribution is -0.131. The fraction of sp³-hybridized carbons (Fsp3) is 0.933.